The maximum Gasteiger partial charge on any atom is 0.0681 e. The molecule has 0 saturated heterocycles. The highest BCUT2D eigenvalue weighted by Crippen LogP contribution is 2.11. The van der Waals surface area contributed by atoms with Crippen molar-refractivity contribution in [2.24, 2.45) is 0 Å². The van der Waals surface area contributed by atoms with Crippen LogP contribution in [0.5, 0.6) is 0 Å². The Kier molecular flexibility index (Phi) is 4.33. The second kappa shape index (κ2) is 6.18. The van der Waals surface area contributed by atoms with Gasteiger partial charge in [0.1, 0.15) is 0 Å². The fraction of sp³-hybridized carbons (Fsp3) is 0.308. The van der Waals surface area contributed by atoms with Gasteiger partial charge < -0.3 is 15.5 Å². The highest BCUT2D eigenvalue weighted by molar-refractivity contribution is 5.44. The molecular weight excluding hydrogens is 230 g/mol. The molecule has 0 aliphatic heterocycles. The molecular formula is C13H17N3O2. The summed E-state index contributed by atoms with van der Waals surface area (Å²) in [5.41, 5.74) is 2.97. The number of aliphatic hydroxyl groups excluding tert-OH is 2. The third kappa shape index (κ3) is 3.32. The SMILES string of the molecule is OCCn1cc(CNc2ccc(CO)cc2)cn1. The van der Waals surface area contributed by atoms with E-state index in [9.17, 15) is 0 Å². The van der Waals surface area contributed by atoms with Crippen LogP contribution in [0, 0.1) is 0 Å². The molecule has 0 bridgehead atoms. The molecule has 0 fully saturated rings. The lowest BCUT2D eigenvalue weighted by atomic mass is 10.2. The first-order valence-electron chi connectivity index (χ1n) is 5.87. The smallest absolute Gasteiger partial charge is 0.0681 e. The first kappa shape index (κ1) is 12.6. The molecule has 0 aliphatic rings. The number of aliphatic hydroxyl groups is 2. The molecule has 0 saturated carbocycles. The van der Waals surface area contributed by atoms with E-state index in [1.54, 1.807) is 10.9 Å². The Hall–Kier alpha value is -1.85. The van der Waals surface area contributed by atoms with E-state index in [4.69, 9.17) is 10.2 Å². The predicted octanol–water partition coefficient (Wildman–Crippen LogP) is 0.980. The van der Waals surface area contributed by atoms with E-state index in [1.807, 2.05) is 30.5 Å². The van der Waals surface area contributed by atoms with Gasteiger partial charge in [-0.25, -0.2) is 0 Å². The molecule has 96 valence electrons. The van der Waals surface area contributed by atoms with E-state index in [0.717, 1.165) is 16.8 Å². The topological polar surface area (TPSA) is 70.3 Å². The minimum absolute atomic E-state index is 0.0637. The maximum atomic E-state index is 8.94. The molecule has 0 spiro atoms. The molecule has 5 nitrogen and oxygen atoms in total. The monoisotopic (exact) mass is 247 g/mol. The summed E-state index contributed by atoms with van der Waals surface area (Å²) in [5.74, 6) is 0. The van der Waals surface area contributed by atoms with E-state index in [1.165, 1.54) is 0 Å². The van der Waals surface area contributed by atoms with Crippen molar-refractivity contribution < 1.29 is 10.2 Å². The number of nitrogens with zero attached hydrogens (tertiary/aromatic N) is 2. The Morgan fingerprint density at radius 2 is 1.89 bits per heavy atom. The number of rotatable bonds is 6. The molecule has 1 aromatic carbocycles. The van der Waals surface area contributed by atoms with Crippen LogP contribution in [0.1, 0.15) is 11.1 Å². The van der Waals surface area contributed by atoms with Gasteiger partial charge in [0.15, 0.2) is 0 Å². The van der Waals surface area contributed by atoms with Crippen LogP contribution in [-0.4, -0.2) is 26.6 Å². The highest BCUT2D eigenvalue weighted by atomic mass is 16.3. The fourth-order valence-electron chi connectivity index (χ4n) is 1.65. The summed E-state index contributed by atoms with van der Waals surface area (Å²) in [6.45, 7) is 1.36. The van der Waals surface area contributed by atoms with Crippen LogP contribution < -0.4 is 5.32 Å². The number of benzene rings is 1. The molecule has 0 aliphatic carbocycles. The molecule has 3 N–H and O–H groups in total. The summed E-state index contributed by atoms with van der Waals surface area (Å²) in [6, 6.07) is 7.64. The number of hydrogen-bond donors (Lipinski definition) is 3. The Bertz CT molecular complexity index is 479. The summed E-state index contributed by atoms with van der Waals surface area (Å²) in [4.78, 5) is 0. The Balaban J connectivity index is 1.89. The standard InChI is InChI=1S/C13H17N3O2/c17-6-5-16-9-12(8-15-16)7-14-13-3-1-11(10-18)2-4-13/h1-4,8-9,14,17-18H,5-7,10H2. The van der Waals surface area contributed by atoms with Crippen LogP contribution in [0.15, 0.2) is 36.7 Å². The van der Waals surface area contributed by atoms with Crippen LogP contribution in [0.4, 0.5) is 5.69 Å². The Morgan fingerprint density at radius 3 is 2.56 bits per heavy atom. The first-order chi connectivity index (χ1) is 8.81. The molecule has 0 unspecified atom stereocenters. The maximum absolute atomic E-state index is 8.94. The minimum Gasteiger partial charge on any atom is -0.394 e. The summed E-state index contributed by atoms with van der Waals surface area (Å²) < 4.78 is 1.71. The molecule has 5 heteroatoms. The van der Waals surface area contributed by atoms with E-state index in [0.29, 0.717) is 13.1 Å². The largest absolute Gasteiger partial charge is 0.394 e. The van der Waals surface area contributed by atoms with Crippen LogP contribution in [0.25, 0.3) is 0 Å². The predicted molar refractivity (Wildman–Crippen MR) is 69.0 cm³/mol. The van der Waals surface area contributed by atoms with Crippen LogP contribution in [-0.2, 0) is 19.7 Å². The average molecular weight is 247 g/mol. The van der Waals surface area contributed by atoms with Crippen LogP contribution in [0.2, 0.25) is 0 Å². The normalized spacial score (nSPS) is 10.6. The van der Waals surface area contributed by atoms with Gasteiger partial charge in [-0.15, -0.1) is 0 Å². The van der Waals surface area contributed by atoms with Crippen molar-refractivity contribution in [3.05, 3.63) is 47.8 Å². The van der Waals surface area contributed by atoms with Gasteiger partial charge in [0.2, 0.25) is 0 Å². The van der Waals surface area contributed by atoms with Crippen molar-refractivity contribution >= 4 is 5.69 Å². The van der Waals surface area contributed by atoms with E-state index in [-0.39, 0.29) is 13.2 Å². The first-order valence-corrected chi connectivity index (χ1v) is 5.87. The molecule has 0 radical (unpaired) electrons. The Labute approximate surface area is 106 Å². The third-order valence-electron chi connectivity index (χ3n) is 2.65. The van der Waals surface area contributed by atoms with Crippen LogP contribution >= 0.6 is 0 Å². The lowest BCUT2D eigenvalue weighted by molar-refractivity contribution is 0.269. The summed E-state index contributed by atoms with van der Waals surface area (Å²) in [6.07, 6.45) is 3.69. The van der Waals surface area contributed by atoms with Gasteiger partial charge in [-0.1, -0.05) is 12.1 Å². The molecule has 1 heterocycles. The number of aromatic nitrogens is 2. The molecule has 1 aromatic heterocycles. The van der Waals surface area contributed by atoms with Crippen molar-refractivity contribution in [3.8, 4) is 0 Å². The molecule has 18 heavy (non-hydrogen) atoms. The zero-order valence-electron chi connectivity index (χ0n) is 10.1. The van der Waals surface area contributed by atoms with Crippen molar-refractivity contribution in [3.63, 3.8) is 0 Å². The van der Waals surface area contributed by atoms with Crippen LogP contribution in [0.3, 0.4) is 0 Å². The zero-order chi connectivity index (χ0) is 12.8. The van der Waals surface area contributed by atoms with E-state index < -0.39 is 0 Å². The zero-order valence-corrected chi connectivity index (χ0v) is 10.1. The third-order valence-corrected chi connectivity index (χ3v) is 2.65. The summed E-state index contributed by atoms with van der Waals surface area (Å²) in [7, 11) is 0. The van der Waals surface area contributed by atoms with Gasteiger partial charge in [-0.2, -0.15) is 5.10 Å². The van der Waals surface area contributed by atoms with E-state index >= 15 is 0 Å². The second-order valence-electron chi connectivity index (χ2n) is 4.04. The quantitative estimate of drug-likeness (QED) is 0.711. The summed E-state index contributed by atoms with van der Waals surface area (Å²) in [5, 5.41) is 25.1. The van der Waals surface area contributed by atoms with Gasteiger partial charge >= 0.3 is 0 Å². The van der Waals surface area contributed by atoms with Crippen molar-refractivity contribution in [2.45, 2.75) is 19.7 Å². The average Bonchev–Trinajstić information content (AvgIpc) is 2.85. The van der Waals surface area contributed by atoms with Gasteiger partial charge in [0.25, 0.3) is 0 Å². The molecule has 0 atom stereocenters. The summed E-state index contributed by atoms with van der Waals surface area (Å²) >= 11 is 0. The number of hydrogen-bond acceptors (Lipinski definition) is 4. The number of nitrogens with one attached hydrogen (secondary N) is 1. The number of anilines is 1. The molecule has 2 rings (SSSR count). The van der Waals surface area contributed by atoms with Gasteiger partial charge in [-0.3, -0.25) is 4.68 Å². The van der Waals surface area contributed by atoms with Gasteiger partial charge in [0.05, 0.1) is 26.0 Å². The van der Waals surface area contributed by atoms with Crippen molar-refractivity contribution in [1.29, 1.82) is 0 Å². The van der Waals surface area contributed by atoms with Crippen molar-refractivity contribution in [2.75, 3.05) is 11.9 Å². The van der Waals surface area contributed by atoms with E-state index in [2.05, 4.69) is 10.4 Å². The van der Waals surface area contributed by atoms with Crippen molar-refractivity contribution in [1.82, 2.24) is 9.78 Å². The lowest BCUT2D eigenvalue weighted by Crippen LogP contribution is -2.02. The molecule has 0 amide bonds. The fourth-order valence-corrected chi connectivity index (χ4v) is 1.65. The lowest BCUT2D eigenvalue weighted by Gasteiger charge is -2.05. The highest BCUT2D eigenvalue weighted by Gasteiger charge is 1.98. The minimum atomic E-state index is 0.0637. The Morgan fingerprint density at radius 1 is 1.11 bits per heavy atom. The van der Waals surface area contributed by atoms with Gasteiger partial charge in [0, 0.05) is 24.0 Å². The second-order valence-corrected chi connectivity index (χ2v) is 4.04. The van der Waals surface area contributed by atoms with Gasteiger partial charge in [-0.05, 0) is 17.7 Å². The molecule has 2 aromatic rings.